The molecule has 2 heterocycles. The fourth-order valence-corrected chi connectivity index (χ4v) is 3.05. The Morgan fingerprint density at radius 2 is 2.00 bits per heavy atom. The summed E-state index contributed by atoms with van der Waals surface area (Å²) in [5.74, 6) is 1.41. The Labute approximate surface area is 152 Å². The van der Waals surface area contributed by atoms with Crippen LogP contribution < -0.4 is 10.6 Å². The van der Waals surface area contributed by atoms with Gasteiger partial charge in [0.25, 0.3) is 0 Å². The molecule has 0 aliphatic heterocycles. The van der Waals surface area contributed by atoms with Gasteiger partial charge in [-0.15, -0.1) is 0 Å². The molecule has 1 aliphatic rings. The average Bonchev–Trinajstić information content (AvgIpc) is 3.16. The molecule has 0 bridgehead atoms. The van der Waals surface area contributed by atoms with Crippen LogP contribution in [0.3, 0.4) is 0 Å². The van der Waals surface area contributed by atoms with Crippen molar-refractivity contribution >= 4 is 11.8 Å². The predicted octanol–water partition coefficient (Wildman–Crippen LogP) is 3.36. The maximum Gasteiger partial charge on any atom is 0.320 e. The number of urea groups is 1. The summed E-state index contributed by atoms with van der Waals surface area (Å²) < 4.78 is 3.70. The lowest BCUT2D eigenvalue weighted by molar-refractivity contribution is 0.251. The van der Waals surface area contributed by atoms with Gasteiger partial charge in [0, 0.05) is 25.0 Å². The van der Waals surface area contributed by atoms with Crippen LogP contribution in [0, 0.1) is 5.92 Å². The fourth-order valence-electron chi connectivity index (χ4n) is 3.05. The number of nitrogens with one attached hydrogen (secondary N) is 2. The predicted molar refractivity (Wildman–Crippen MR) is 99.1 cm³/mol. The van der Waals surface area contributed by atoms with Gasteiger partial charge in [0.15, 0.2) is 0 Å². The highest BCUT2D eigenvalue weighted by atomic mass is 16.2. The van der Waals surface area contributed by atoms with Gasteiger partial charge in [0.2, 0.25) is 0 Å². The summed E-state index contributed by atoms with van der Waals surface area (Å²) in [6, 6.07) is 11.7. The van der Waals surface area contributed by atoms with Crippen LogP contribution >= 0.6 is 0 Å². The zero-order valence-electron chi connectivity index (χ0n) is 14.7. The maximum absolute atomic E-state index is 12.2. The number of aromatic nitrogens is 4. The minimum atomic E-state index is -0.231. The van der Waals surface area contributed by atoms with Crippen molar-refractivity contribution in [1.29, 1.82) is 0 Å². The second-order valence-corrected chi connectivity index (χ2v) is 6.66. The van der Waals surface area contributed by atoms with Gasteiger partial charge in [-0.3, -0.25) is 5.32 Å². The van der Waals surface area contributed by atoms with Crippen molar-refractivity contribution < 1.29 is 4.79 Å². The van der Waals surface area contributed by atoms with Gasteiger partial charge in [-0.2, -0.15) is 10.2 Å². The van der Waals surface area contributed by atoms with Crippen molar-refractivity contribution in [1.82, 2.24) is 24.9 Å². The minimum Gasteiger partial charge on any atom is -0.334 e. The van der Waals surface area contributed by atoms with Crippen molar-refractivity contribution in [3.63, 3.8) is 0 Å². The highest BCUT2D eigenvalue weighted by Crippen LogP contribution is 2.40. The van der Waals surface area contributed by atoms with Crippen molar-refractivity contribution in [2.75, 3.05) is 5.32 Å². The molecule has 3 aromatic rings. The van der Waals surface area contributed by atoms with Crippen LogP contribution in [0.2, 0.25) is 0 Å². The Balaban J connectivity index is 1.32. The lowest BCUT2D eigenvalue weighted by atomic mass is 10.2. The highest BCUT2D eigenvalue weighted by molar-refractivity contribution is 5.88. The van der Waals surface area contributed by atoms with E-state index >= 15 is 0 Å². The first-order valence-corrected chi connectivity index (χ1v) is 8.88. The van der Waals surface area contributed by atoms with Crippen molar-refractivity contribution in [2.45, 2.75) is 32.4 Å². The van der Waals surface area contributed by atoms with E-state index in [1.165, 1.54) is 12.8 Å². The third-order valence-electron chi connectivity index (χ3n) is 4.76. The molecule has 26 heavy (non-hydrogen) atoms. The molecule has 1 atom stereocenters. The van der Waals surface area contributed by atoms with Crippen LogP contribution in [0.1, 0.15) is 31.4 Å². The van der Waals surface area contributed by atoms with Crippen molar-refractivity contribution in [3.05, 3.63) is 60.6 Å². The Hall–Kier alpha value is -3.09. The van der Waals surface area contributed by atoms with E-state index in [2.05, 4.69) is 27.8 Å². The summed E-state index contributed by atoms with van der Waals surface area (Å²) in [6.45, 7) is 2.60. The number of hydrogen-bond donors (Lipinski definition) is 2. The second-order valence-electron chi connectivity index (χ2n) is 6.66. The Bertz CT molecular complexity index is 864. The first-order valence-electron chi connectivity index (χ1n) is 8.88. The Kier molecular flexibility index (Phi) is 4.43. The van der Waals surface area contributed by atoms with Crippen LogP contribution in [0.25, 0.3) is 5.69 Å². The molecule has 1 saturated carbocycles. The molecule has 0 spiro atoms. The molecule has 2 amide bonds. The summed E-state index contributed by atoms with van der Waals surface area (Å²) in [5.41, 5.74) is 2.01. The number of amides is 2. The van der Waals surface area contributed by atoms with Crippen molar-refractivity contribution in [2.24, 2.45) is 5.92 Å². The standard InChI is InChI=1S/C19H22N6O/c1-14(16-5-6-16)25-18(9-11-22-25)23-19(26)20-13-15-3-7-17(8-4-15)24-12-2-10-21-24/h2-4,7-12,14,16H,5-6,13H2,1H3,(H2,20,23,26). The first kappa shape index (κ1) is 16.4. The molecule has 1 aliphatic carbocycles. The monoisotopic (exact) mass is 350 g/mol. The molecular formula is C19H22N6O. The molecule has 134 valence electrons. The average molecular weight is 350 g/mol. The largest absolute Gasteiger partial charge is 0.334 e. The van der Waals surface area contributed by atoms with E-state index in [-0.39, 0.29) is 6.03 Å². The van der Waals surface area contributed by atoms with Gasteiger partial charge in [-0.05, 0) is 49.4 Å². The van der Waals surface area contributed by atoms with E-state index in [9.17, 15) is 4.79 Å². The molecule has 1 unspecified atom stereocenters. The zero-order chi connectivity index (χ0) is 17.9. The van der Waals surface area contributed by atoms with E-state index in [4.69, 9.17) is 0 Å². The van der Waals surface area contributed by atoms with E-state index in [1.54, 1.807) is 17.1 Å². The Morgan fingerprint density at radius 3 is 2.69 bits per heavy atom. The van der Waals surface area contributed by atoms with Gasteiger partial charge in [0.1, 0.15) is 5.82 Å². The summed E-state index contributed by atoms with van der Waals surface area (Å²) in [5, 5.41) is 14.3. The molecule has 7 heteroatoms. The third-order valence-corrected chi connectivity index (χ3v) is 4.76. The number of anilines is 1. The Morgan fingerprint density at radius 1 is 1.19 bits per heavy atom. The normalized spacial score (nSPS) is 14.8. The topological polar surface area (TPSA) is 76.8 Å². The number of hydrogen-bond acceptors (Lipinski definition) is 3. The lowest BCUT2D eigenvalue weighted by Gasteiger charge is -2.15. The molecule has 2 N–H and O–H groups in total. The summed E-state index contributed by atoms with van der Waals surface area (Å²) in [7, 11) is 0. The molecule has 4 rings (SSSR count). The smallest absolute Gasteiger partial charge is 0.320 e. The quantitative estimate of drug-likeness (QED) is 0.716. The molecular weight excluding hydrogens is 328 g/mol. The number of nitrogens with zero attached hydrogens (tertiary/aromatic N) is 4. The second kappa shape index (κ2) is 7.03. The lowest BCUT2D eigenvalue weighted by Crippen LogP contribution is -2.29. The molecule has 1 aromatic carbocycles. The van der Waals surface area contributed by atoms with Crippen LogP contribution in [-0.4, -0.2) is 25.6 Å². The number of carbonyl (C=O) groups is 1. The summed E-state index contributed by atoms with van der Waals surface area (Å²) >= 11 is 0. The maximum atomic E-state index is 12.2. The van der Waals surface area contributed by atoms with Crippen molar-refractivity contribution in [3.8, 4) is 5.69 Å². The van der Waals surface area contributed by atoms with E-state index in [0.717, 1.165) is 17.1 Å². The molecule has 7 nitrogen and oxygen atoms in total. The highest BCUT2D eigenvalue weighted by Gasteiger charge is 2.30. The van der Waals surface area contributed by atoms with Gasteiger partial charge in [-0.25, -0.2) is 14.2 Å². The zero-order valence-corrected chi connectivity index (χ0v) is 14.7. The van der Waals surface area contributed by atoms with Crippen LogP contribution in [-0.2, 0) is 6.54 Å². The fraction of sp³-hybridized carbons (Fsp3) is 0.316. The van der Waals surface area contributed by atoms with Crippen LogP contribution in [0.15, 0.2) is 55.0 Å². The van der Waals surface area contributed by atoms with Gasteiger partial charge >= 0.3 is 6.03 Å². The summed E-state index contributed by atoms with van der Waals surface area (Å²) in [4.78, 5) is 12.2. The van der Waals surface area contributed by atoms with Crippen LogP contribution in [0.5, 0.6) is 0 Å². The van der Waals surface area contributed by atoms with Crippen LogP contribution in [0.4, 0.5) is 10.6 Å². The van der Waals surface area contributed by atoms with Gasteiger partial charge < -0.3 is 5.32 Å². The van der Waals surface area contributed by atoms with E-state index in [0.29, 0.717) is 18.5 Å². The molecule has 1 fully saturated rings. The summed E-state index contributed by atoms with van der Waals surface area (Å²) in [6.07, 6.45) is 7.84. The number of benzene rings is 1. The molecule has 0 saturated heterocycles. The van der Waals surface area contributed by atoms with E-state index < -0.39 is 0 Å². The van der Waals surface area contributed by atoms with Gasteiger partial charge in [-0.1, -0.05) is 12.1 Å². The SMILES string of the molecule is CC(C1CC1)n1nccc1NC(=O)NCc1ccc(-n2cccn2)cc1. The molecule has 2 aromatic heterocycles. The molecule has 0 radical (unpaired) electrons. The third kappa shape index (κ3) is 3.61. The minimum absolute atomic E-state index is 0.231. The van der Waals surface area contributed by atoms with E-state index in [1.807, 2.05) is 47.3 Å². The number of rotatable bonds is 6. The van der Waals surface area contributed by atoms with Gasteiger partial charge in [0.05, 0.1) is 17.9 Å². The first-order chi connectivity index (χ1) is 12.7. The number of carbonyl (C=O) groups excluding carboxylic acids is 1.